The zero-order chi connectivity index (χ0) is 31.3. The van der Waals surface area contributed by atoms with Gasteiger partial charge in [-0.05, 0) is 55.9 Å². The number of benzene rings is 2. The lowest BCUT2D eigenvalue weighted by Gasteiger charge is -2.33. The van der Waals surface area contributed by atoms with Crippen LogP contribution in [-0.4, -0.2) is 55.7 Å². The van der Waals surface area contributed by atoms with Crippen LogP contribution in [0.1, 0.15) is 43.2 Å². The van der Waals surface area contributed by atoms with Gasteiger partial charge in [0.2, 0.25) is 5.91 Å². The van der Waals surface area contributed by atoms with Gasteiger partial charge in [-0.3, -0.25) is 9.59 Å². The van der Waals surface area contributed by atoms with Crippen LogP contribution in [0.2, 0.25) is 0 Å². The van der Waals surface area contributed by atoms with Crippen molar-refractivity contribution in [3.63, 3.8) is 0 Å². The van der Waals surface area contributed by atoms with Gasteiger partial charge in [-0.25, -0.2) is 12.8 Å². The summed E-state index contributed by atoms with van der Waals surface area (Å²) in [5.74, 6) is -2.56. The molecule has 2 aromatic carbocycles. The summed E-state index contributed by atoms with van der Waals surface area (Å²) in [6.07, 6.45) is -11.9. The van der Waals surface area contributed by atoms with Gasteiger partial charge in [-0.2, -0.15) is 26.3 Å². The van der Waals surface area contributed by atoms with E-state index in [4.69, 9.17) is 0 Å². The van der Waals surface area contributed by atoms with Gasteiger partial charge in [-0.15, -0.1) is 0 Å². The molecule has 15 heteroatoms. The molecule has 0 radical (unpaired) electrons. The maximum absolute atomic E-state index is 14.7. The van der Waals surface area contributed by atoms with Crippen LogP contribution in [0.5, 0.6) is 0 Å². The Morgan fingerprint density at radius 2 is 1.43 bits per heavy atom. The number of alkyl halides is 7. The van der Waals surface area contributed by atoms with Crippen LogP contribution in [0.3, 0.4) is 0 Å². The van der Waals surface area contributed by atoms with Gasteiger partial charge in [0.15, 0.2) is 9.84 Å². The molecule has 1 saturated carbocycles. The number of likely N-dealkylation sites (tertiary alicyclic amines) is 1. The standard InChI is InChI=1S/C27H25BrF7NO5S/c28-20-2-1-3-21(14-20)42(40,41)24(12-13-36(15-24)22(37)16-4-6-17(7-5-16)23(38)39)18-8-10-19(11-9-18)25(29,26(30,31)32)27(33,34)35/h1-3,8-11,14,16-17H,4-7,12-13,15H2,(H,38,39). The molecule has 6 nitrogen and oxygen atoms in total. The largest absolute Gasteiger partial charge is 0.481 e. The highest BCUT2D eigenvalue weighted by Gasteiger charge is 2.73. The number of halogens is 8. The summed E-state index contributed by atoms with van der Waals surface area (Å²) in [5.41, 5.74) is -7.66. The van der Waals surface area contributed by atoms with Gasteiger partial charge in [0, 0.05) is 29.0 Å². The lowest BCUT2D eigenvalue weighted by Crippen LogP contribution is -2.50. The van der Waals surface area contributed by atoms with Gasteiger partial charge >= 0.3 is 24.0 Å². The summed E-state index contributed by atoms with van der Waals surface area (Å²) >= 11 is 3.18. The Morgan fingerprint density at radius 3 is 1.93 bits per heavy atom. The molecule has 0 spiro atoms. The molecule has 1 amide bonds. The maximum atomic E-state index is 14.7. The van der Waals surface area contributed by atoms with E-state index in [9.17, 15) is 53.8 Å². The average Bonchev–Trinajstić information content (AvgIpc) is 3.38. The van der Waals surface area contributed by atoms with Crippen molar-refractivity contribution in [2.24, 2.45) is 11.8 Å². The predicted molar refractivity (Wildman–Crippen MR) is 139 cm³/mol. The number of hydrogen-bond acceptors (Lipinski definition) is 4. The first-order chi connectivity index (χ1) is 19.3. The van der Waals surface area contributed by atoms with Crippen molar-refractivity contribution < 1.29 is 53.8 Å². The van der Waals surface area contributed by atoms with Gasteiger partial charge in [-0.1, -0.05) is 46.3 Å². The number of hydrogen-bond donors (Lipinski definition) is 1. The molecule has 2 fully saturated rings. The molecule has 2 aromatic rings. The van der Waals surface area contributed by atoms with Crippen molar-refractivity contribution in [1.82, 2.24) is 4.90 Å². The molecule has 1 atom stereocenters. The number of carbonyl (C=O) groups excluding carboxylic acids is 1. The van der Waals surface area contributed by atoms with Crippen molar-refractivity contribution in [3.05, 3.63) is 64.1 Å². The van der Waals surface area contributed by atoms with E-state index in [1.165, 1.54) is 23.1 Å². The summed E-state index contributed by atoms with van der Waals surface area (Å²) in [7, 11) is -4.44. The number of amides is 1. The number of aliphatic carboxylic acids is 1. The highest BCUT2D eigenvalue weighted by Crippen LogP contribution is 2.54. The summed E-state index contributed by atoms with van der Waals surface area (Å²) in [6.45, 7) is -0.553. The fourth-order valence-corrected chi connectivity index (χ4v) is 8.45. The van der Waals surface area contributed by atoms with E-state index in [1.807, 2.05) is 0 Å². The molecule has 1 unspecified atom stereocenters. The third-order valence-electron chi connectivity index (χ3n) is 8.18. The second-order valence-corrected chi connectivity index (χ2v) is 13.8. The minimum absolute atomic E-state index is 0.0924. The van der Waals surface area contributed by atoms with E-state index in [2.05, 4.69) is 15.9 Å². The van der Waals surface area contributed by atoms with Gasteiger partial charge in [0.25, 0.3) is 0 Å². The van der Waals surface area contributed by atoms with Crippen LogP contribution in [0.4, 0.5) is 30.7 Å². The quantitative estimate of drug-likeness (QED) is 0.349. The highest BCUT2D eigenvalue weighted by molar-refractivity contribution is 9.10. The number of sulfone groups is 1. The Kier molecular flexibility index (Phi) is 8.53. The van der Waals surface area contributed by atoms with Crippen LogP contribution >= 0.6 is 15.9 Å². The Labute approximate surface area is 244 Å². The van der Waals surface area contributed by atoms with Gasteiger partial charge in [0.1, 0.15) is 4.75 Å². The first-order valence-electron chi connectivity index (χ1n) is 12.8. The van der Waals surface area contributed by atoms with Crippen LogP contribution in [-0.2, 0) is 29.8 Å². The molecule has 1 heterocycles. The first kappa shape index (κ1) is 32.2. The Morgan fingerprint density at radius 1 is 0.881 bits per heavy atom. The zero-order valence-electron chi connectivity index (χ0n) is 21.7. The molecule has 0 bridgehead atoms. The molecular weight excluding hydrogens is 663 g/mol. The fourth-order valence-electron chi connectivity index (χ4n) is 5.78. The lowest BCUT2D eigenvalue weighted by atomic mass is 9.81. The number of nitrogens with zero attached hydrogens (tertiary/aromatic N) is 1. The molecule has 2 aliphatic rings. The van der Waals surface area contributed by atoms with Crippen molar-refractivity contribution in [2.45, 2.75) is 59.8 Å². The zero-order valence-corrected chi connectivity index (χ0v) is 24.1. The van der Waals surface area contributed by atoms with E-state index >= 15 is 0 Å². The van der Waals surface area contributed by atoms with E-state index in [1.54, 1.807) is 6.07 Å². The molecule has 4 rings (SSSR count). The normalized spacial score (nSPS) is 24.0. The second-order valence-electron chi connectivity index (χ2n) is 10.6. The minimum atomic E-state index is -6.34. The number of rotatable bonds is 6. The maximum Gasteiger partial charge on any atom is 0.435 e. The van der Waals surface area contributed by atoms with E-state index < -0.39 is 68.4 Å². The molecule has 1 aliphatic heterocycles. The first-order valence-corrected chi connectivity index (χ1v) is 15.1. The SMILES string of the molecule is O=C(O)C1CCC(C(=O)N2CCC(c3ccc(C(F)(C(F)(F)F)C(F)(F)F)cc3)(S(=O)(=O)c3cccc(Br)c3)C2)CC1. The van der Waals surface area contributed by atoms with E-state index in [-0.39, 0.29) is 61.2 Å². The van der Waals surface area contributed by atoms with Crippen molar-refractivity contribution in [3.8, 4) is 0 Å². The highest BCUT2D eigenvalue weighted by atomic mass is 79.9. The summed E-state index contributed by atoms with van der Waals surface area (Å²) in [5, 5.41) is 9.23. The molecule has 1 N–H and O–H groups in total. The fraction of sp³-hybridized carbons (Fsp3) is 0.481. The lowest BCUT2D eigenvalue weighted by molar-refractivity contribution is -0.348. The predicted octanol–water partition coefficient (Wildman–Crippen LogP) is 6.53. The average molecular weight is 688 g/mol. The van der Waals surface area contributed by atoms with E-state index in [0.29, 0.717) is 4.47 Å². The van der Waals surface area contributed by atoms with Gasteiger partial charge < -0.3 is 10.0 Å². The number of carboxylic acids is 1. The molecule has 42 heavy (non-hydrogen) atoms. The molecular formula is C27H25BrF7NO5S. The van der Waals surface area contributed by atoms with Crippen LogP contribution in [0.25, 0.3) is 0 Å². The smallest absolute Gasteiger partial charge is 0.435 e. The van der Waals surface area contributed by atoms with Crippen LogP contribution in [0, 0.1) is 11.8 Å². The Bertz CT molecular complexity index is 1440. The number of carbonyl (C=O) groups is 2. The molecule has 1 saturated heterocycles. The Balaban J connectivity index is 1.75. The summed E-state index contributed by atoms with van der Waals surface area (Å²) < 4.78 is 121. The number of carboxylic acid groups (broad SMARTS) is 1. The third-order valence-corrected chi connectivity index (χ3v) is 11.1. The summed E-state index contributed by atoms with van der Waals surface area (Å²) in [6, 6.07) is 7.52. The van der Waals surface area contributed by atoms with Crippen molar-refractivity contribution in [2.75, 3.05) is 13.1 Å². The molecule has 1 aliphatic carbocycles. The Hall–Kier alpha value is -2.68. The van der Waals surface area contributed by atoms with Crippen LogP contribution in [0.15, 0.2) is 57.9 Å². The van der Waals surface area contributed by atoms with Crippen molar-refractivity contribution in [1.29, 1.82) is 0 Å². The topological polar surface area (TPSA) is 91.8 Å². The van der Waals surface area contributed by atoms with E-state index in [0.717, 1.165) is 12.1 Å². The molecule has 0 aromatic heterocycles. The molecule has 230 valence electrons. The summed E-state index contributed by atoms with van der Waals surface area (Å²) in [4.78, 5) is 25.7. The minimum Gasteiger partial charge on any atom is -0.481 e. The third kappa shape index (κ3) is 5.42. The monoisotopic (exact) mass is 687 g/mol. The van der Waals surface area contributed by atoms with Crippen molar-refractivity contribution >= 4 is 37.6 Å². The van der Waals surface area contributed by atoms with Gasteiger partial charge in [0.05, 0.1) is 10.8 Å². The van der Waals surface area contributed by atoms with Crippen LogP contribution < -0.4 is 0 Å². The second kappa shape index (κ2) is 11.1.